The van der Waals surface area contributed by atoms with Crippen molar-refractivity contribution in [3.05, 3.63) is 35.4 Å². The molecule has 0 aliphatic carbocycles. The molecule has 0 saturated carbocycles. The summed E-state index contributed by atoms with van der Waals surface area (Å²) in [5.74, 6) is -1.11. The maximum Gasteiger partial charge on any atom is 0.340 e. The van der Waals surface area contributed by atoms with Crippen molar-refractivity contribution in [2.45, 2.75) is 20.8 Å². The van der Waals surface area contributed by atoms with E-state index in [0.717, 1.165) is 5.56 Å². The van der Waals surface area contributed by atoms with Gasteiger partial charge in [-0.15, -0.1) is 0 Å². The van der Waals surface area contributed by atoms with E-state index in [4.69, 9.17) is 9.47 Å². The van der Waals surface area contributed by atoms with Crippen LogP contribution < -0.4 is 0 Å². The van der Waals surface area contributed by atoms with Gasteiger partial charge in [0.05, 0.1) is 11.5 Å². The highest BCUT2D eigenvalue weighted by atomic mass is 16.7. The number of esters is 2. The van der Waals surface area contributed by atoms with Gasteiger partial charge < -0.3 is 9.47 Å². The molecule has 0 bridgehead atoms. The highest BCUT2D eigenvalue weighted by Crippen LogP contribution is 2.05. The third-order valence-electron chi connectivity index (χ3n) is 2.15. The minimum absolute atomic E-state index is 0.229. The maximum atomic E-state index is 11.5. The molecular weight excluding hydrogens is 220 g/mol. The Morgan fingerprint density at radius 2 is 1.71 bits per heavy atom. The second kappa shape index (κ2) is 6.03. The summed E-state index contributed by atoms with van der Waals surface area (Å²) in [6.45, 7) is 5.01. The van der Waals surface area contributed by atoms with Gasteiger partial charge in [-0.25, -0.2) is 4.79 Å². The number of ether oxygens (including phenoxy) is 2. The zero-order valence-corrected chi connectivity index (χ0v) is 10.2. The highest BCUT2D eigenvalue weighted by Gasteiger charge is 2.10. The minimum atomic E-state index is -0.499. The summed E-state index contributed by atoms with van der Waals surface area (Å²) in [4.78, 5) is 22.6. The van der Waals surface area contributed by atoms with Gasteiger partial charge in [-0.1, -0.05) is 31.5 Å². The van der Waals surface area contributed by atoms with Crippen LogP contribution >= 0.6 is 0 Å². The van der Waals surface area contributed by atoms with Gasteiger partial charge in [0.15, 0.2) is 0 Å². The lowest BCUT2D eigenvalue weighted by Gasteiger charge is -2.07. The largest absolute Gasteiger partial charge is 0.428 e. The van der Waals surface area contributed by atoms with Crippen LogP contribution in [0.4, 0.5) is 0 Å². The van der Waals surface area contributed by atoms with E-state index in [1.165, 1.54) is 0 Å². The Balaban J connectivity index is 2.40. The quantitative estimate of drug-likeness (QED) is 0.594. The standard InChI is InChI=1S/C13H16O4/c1-9(2)12(14)16-8-17-13(15)11-6-4-10(3)5-7-11/h4-7,9H,8H2,1-3H3. The van der Waals surface area contributed by atoms with E-state index in [-0.39, 0.29) is 18.7 Å². The Morgan fingerprint density at radius 1 is 1.12 bits per heavy atom. The van der Waals surface area contributed by atoms with Crippen LogP contribution in [0, 0.1) is 12.8 Å². The minimum Gasteiger partial charge on any atom is -0.428 e. The van der Waals surface area contributed by atoms with Crippen LogP contribution in [0.3, 0.4) is 0 Å². The lowest BCUT2D eigenvalue weighted by Crippen LogP contribution is -2.16. The van der Waals surface area contributed by atoms with Crippen molar-refractivity contribution >= 4 is 11.9 Å². The molecule has 0 amide bonds. The molecule has 1 aromatic carbocycles. The molecule has 0 atom stereocenters. The van der Waals surface area contributed by atoms with Crippen molar-refractivity contribution in [1.82, 2.24) is 0 Å². The number of carbonyl (C=O) groups excluding carboxylic acids is 2. The molecule has 0 saturated heterocycles. The van der Waals surface area contributed by atoms with Gasteiger partial charge in [-0.3, -0.25) is 4.79 Å². The Kier molecular flexibility index (Phi) is 4.69. The number of aryl methyl sites for hydroxylation is 1. The van der Waals surface area contributed by atoms with Gasteiger partial charge in [0.25, 0.3) is 0 Å². The van der Waals surface area contributed by atoms with Gasteiger partial charge in [-0.2, -0.15) is 0 Å². The van der Waals surface area contributed by atoms with E-state index in [1.807, 2.05) is 19.1 Å². The molecule has 0 fully saturated rings. The number of carbonyl (C=O) groups is 2. The molecule has 92 valence electrons. The number of rotatable bonds is 4. The number of benzene rings is 1. The fourth-order valence-corrected chi connectivity index (χ4v) is 1.08. The Bertz CT molecular complexity index is 392. The summed E-state index contributed by atoms with van der Waals surface area (Å²) in [6.07, 6.45) is 0. The van der Waals surface area contributed by atoms with Gasteiger partial charge in [0.2, 0.25) is 6.79 Å². The van der Waals surface area contributed by atoms with Crippen LogP contribution in [-0.2, 0) is 14.3 Å². The lowest BCUT2D eigenvalue weighted by atomic mass is 10.2. The molecule has 4 heteroatoms. The predicted molar refractivity (Wildman–Crippen MR) is 62.4 cm³/mol. The highest BCUT2D eigenvalue weighted by molar-refractivity contribution is 5.89. The van der Waals surface area contributed by atoms with Crippen molar-refractivity contribution in [2.75, 3.05) is 6.79 Å². The van der Waals surface area contributed by atoms with E-state index >= 15 is 0 Å². The second-order valence-corrected chi connectivity index (χ2v) is 4.03. The summed E-state index contributed by atoms with van der Waals surface area (Å²) in [6, 6.07) is 6.97. The maximum absolute atomic E-state index is 11.5. The first-order valence-electron chi connectivity index (χ1n) is 5.41. The molecule has 0 spiro atoms. The van der Waals surface area contributed by atoms with Gasteiger partial charge in [0.1, 0.15) is 0 Å². The third kappa shape index (κ3) is 4.26. The van der Waals surface area contributed by atoms with Crippen LogP contribution in [0.15, 0.2) is 24.3 Å². The summed E-state index contributed by atoms with van der Waals surface area (Å²) < 4.78 is 9.54. The fourth-order valence-electron chi connectivity index (χ4n) is 1.08. The second-order valence-electron chi connectivity index (χ2n) is 4.03. The number of hydrogen-bond acceptors (Lipinski definition) is 4. The first kappa shape index (κ1) is 13.2. The summed E-state index contributed by atoms with van der Waals surface area (Å²) >= 11 is 0. The Morgan fingerprint density at radius 3 is 2.24 bits per heavy atom. The summed E-state index contributed by atoms with van der Waals surface area (Å²) in [5, 5.41) is 0. The normalized spacial score (nSPS) is 10.1. The molecule has 0 aliphatic heterocycles. The molecular formula is C13H16O4. The topological polar surface area (TPSA) is 52.6 Å². The molecule has 0 radical (unpaired) electrons. The van der Waals surface area contributed by atoms with Crippen molar-refractivity contribution in [1.29, 1.82) is 0 Å². The molecule has 0 N–H and O–H groups in total. The molecule has 0 aliphatic rings. The molecule has 17 heavy (non-hydrogen) atoms. The summed E-state index contributed by atoms with van der Waals surface area (Å²) in [7, 11) is 0. The zero-order valence-electron chi connectivity index (χ0n) is 10.2. The van der Waals surface area contributed by atoms with E-state index in [2.05, 4.69) is 0 Å². The van der Waals surface area contributed by atoms with E-state index in [9.17, 15) is 9.59 Å². The van der Waals surface area contributed by atoms with Crippen LogP contribution in [0.2, 0.25) is 0 Å². The van der Waals surface area contributed by atoms with Crippen LogP contribution in [-0.4, -0.2) is 18.7 Å². The molecule has 1 aromatic rings. The van der Waals surface area contributed by atoms with Crippen LogP contribution in [0.1, 0.15) is 29.8 Å². The van der Waals surface area contributed by atoms with Gasteiger partial charge in [-0.05, 0) is 19.1 Å². The monoisotopic (exact) mass is 236 g/mol. The molecule has 0 aromatic heterocycles. The first-order chi connectivity index (χ1) is 8.00. The lowest BCUT2D eigenvalue weighted by molar-refractivity contribution is -0.155. The first-order valence-corrected chi connectivity index (χ1v) is 5.41. The Labute approximate surface area is 101 Å². The van der Waals surface area contributed by atoms with E-state index < -0.39 is 5.97 Å². The third-order valence-corrected chi connectivity index (χ3v) is 2.15. The predicted octanol–water partition coefficient (Wildman–Crippen LogP) is 2.31. The smallest absolute Gasteiger partial charge is 0.340 e. The van der Waals surface area contributed by atoms with Crippen molar-refractivity contribution in [3.63, 3.8) is 0 Å². The SMILES string of the molecule is Cc1ccc(C(=O)OCOC(=O)C(C)C)cc1. The van der Waals surface area contributed by atoms with Crippen molar-refractivity contribution in [2.24, 2.45) is 5.92 Å². The van der Waals surface area contributed by atoms with E-state index in [0.29, 0.717) is 5.56 Å². The molecule has 4 nitrogen and oxygen atoms in total. The molecule has 1 rings (SSSR count). The Hall–Kier alpha value is -1.84. The average molecular weight is 236 g/mol. The zero-order chi connectivity index (χ0) is 12.8. The van der Waals surface area contributed by atoms with E-state index in [1.54, 1.807) is 26.0 Å². The van der Waals surface area contributed by atoms with Gasteiger partial charge in [0, 0.05) is 0 Å². The van der Waals surface area contributed by atoms with Crippen LogP contribution in [0.5, 0.6) is 0 Å². The average Bonchev–Trinajstić information content (AvgIpc) is 2.29. The van der Waals surface area contributed by atoms with Crippen molar-refractivity contribution in [3.8, 4) is 0 Å². The molecule has 0 heterocycles. The van der Waals surface area contributed by atoms with Gasteiger partial charge >= 0.3 is 11.9 Å². The number of hydrogen-bond donors (Lipinski definition) is 0. The fraction of sp³-hybridized carbons (Fsp3) is 0.385. The van der Waals surface area contributed by atoms with Crippen molar-refractivity contribution < 1.29 is 19.1 Å². The van der Waals surface area contributed by atoms with Crippen LogP contribution in [0.25, 0.3) is 0 Å². The summed E-state index contributed by atoms with van der Waals surface area (Å²) in [5.41, 5.74) is 1.50. The molecule has 0 unspecified atom stereocenters.